The molecule has 1 unspecified atom stereocenters. The minimum Gasteiger partial charge on any atom is -0.359 e. The monoisotopic (exact) mass is 333 g/mol. The predicted octanol–water partition coefficient (Wildman–Crippen LogP) is 2.57. The van der Waals surface area contributed by atoms with Gasteiger partial charge in [0.05, 0.1) is 11.4 Å². The fraction of sp³-hybridized carbons (Fsp3) is 0.333. The molecule has 0 saturated carbocycles. The molecule has 2 aromatic rings. The van der Waals surface area contributed by atoms with E-state index < -0.39 is 0 Å². The maximum atomic E-state index is 11.7. The van der Waals surface area contributed by atoms with Crippen LogP contribution in [0.15, 0.2) is 34.8 Å². The topological polar surface area (TPSA) is 45.2 Å². The van der Waals surface area contributed by atoms with Crippen molar-refractivity contribution >= 4 is 38.6 Å². The van der Waals surface area contributed by atoms with Gasteiger partial charge in [-0.2, -0.15) is 0 Å². The van der Waals surface area contributed by atoms with E-state index in [9.17, 15) is 4.79 Å². The highest BCUT2D eigenvalue weighted by molar-refractivity contribution is 9.10. The summed E-state index contributed by atoms with van der Waals surface area (Å²) in [5.74, 6) is 1.14. The summed E-state index contributed by atoms with van der Waals surface area (Å²) in [5.41, 5.74) is 0.972. The van der Waals surface area contributed by atoms with Crippen molar-refractivity contribution < 1.29 is 4.79 Å². The van der Waals surface area contributed by atoms with E-state index >= 15 is 0 Å². The number of pyridine rings is 1. The number of amides is 1. The number of nitrogens with one attached hydrogen (secondary N) is 1. The van der Waals surface area contributed by atoms with Crippen LogP contribution in [0.25, 0.3) is 10.9 Å². The zero-order valence-electron chi connectivity index (χ0n) is 11.3. The Balaban J connectivity index is 1.86. The third-order valence-corrected chi connectivity index (χ3v) is 4.26. The summed E-state index contributed by atoms with van der Waals surface area (Å²) < 4.78 is 1.03. The Morgan fingerprint density at radius 3 is 3.00 bits per heavy atom. The fourth-order valence-electron chi connectivity index (χ4n) is 2.64. The van der Waals surface area contributed by atoms with E-state index in [-0.39, 0.29) is 11.8 Å². The quantitative estimate of drug-likeness (QED) is 0.918. The molecular formula is C15H16BrN3O. The molecule has 1 amide bonds. The standard InChI is InChI=1S/C15H16BrN3O/c1-17-15(20)11-6-7-19(9-11)14-5-3-10-2-4-12(16)8-13(10)18-14/h2-5,8,11H,6-7,9H2,1H3,(H,17,20). The third-order valence-electron chi connectivity index (χ3n) is 3.77. The first kappa shape index (κ1) is 13.4. The molecule has 104 valence electrons. The van der Waals surface area contributed by atoms with Gasteiger partial charge in [-0.15, -0.1) is 0 Å². The molecule has 1 aromatic heterocycles. The Labute approximate surface area is 126 Å². The van der Waals surface area contributed by atoms with E-state index in [0.717, 1.165) is 40.7 Å². The van der Waals surface area contributed by atoms with Crippen LogP contribution in [0.1, 0.15) is 6.42 Å². The van der Waals surface area contributed by atoms with Gasteiger partial charge in [0.25, 0.3) is 0 Å². The number of carbonyl (C=O) groups is 1. The molecule has 4 nitrogen and oxygen atoms in total. The summed E-state index contributed by atoms with van der Waals surface area (Å²) in [7, 11) is 1.69. The number of carbonyl (C=O) groups excluding carboxylic acids is 1. The molecule has 0 bridgehead atoms. The van der Waals surface area contributed by atoms with Crippen LogP contribution in [-0.4, -0.2) is 31.0 Å². The lowest BCUT2D eigenvalue weighted by atomic mass is 10.1. The highest BCUT2D eigenvalue weighted by atomic mass is 79.9. The van der Waals surface area contributed by atoms with Crippen molar-refractivity contribution in [2.75, 3.05) is 25.0 Å². The maximum Gasteiger partial charge on any atom is 0.224 e. The SMILES string of the molecule is CNC(=O)C1CCN(c2ccc3ccc(Br)cc3n2)C1. The number of fused-ring (bicyclic) bond motifs is 1. The molecule has 3 rings (SSSR count). The van der Waals surface area contributed by atoms with E-state index in [4.69, 9.17) is 4.98 Å². The smallest absolute Gasteiger partial charge is 0.224 e. The van der Waals surface area contributed by atoms with Gasteiger partial charge in [-0.05, 0) is 30.7 Å². The van der Waals surface area contributed by atoms with Crippen molar-refractivity contribution in [1.29, 1.82) is 0 Å². The lowest BCUT2D eigenvalue weighted by molar-refractivity contribution is -0.123. The molecule has 1 fully saturated rings. The highest BCUT2D eigenvalue weighted by Gasteiger charge is 2.28. The van der Waals surface area contributed by atoms with Crippen LogP contribution >= 0.6 is 15.9 Å². The number of nitrogens with zero attached hydrogens (tertiary/aromatic N) is 2. The number of rotatable bonds is 2. The summed E-state index contributed by atoms with van der Waals surface area (Å²) >= 11 is 3.47. The average molecular weight is 334 g/mol. The Morgan fingerprint density at radius 1 is 1.40 bits per heavy atom. The summed E-state index contributed by atoms with van der Waals surface area (Å²) in [6, 6.07) is 10.2. The number of anilines is 1. The average Bonchev–Trinajstić information content (AvgIpc) is 2.95. The van der Waals surface area contributed by atoms with Gasteiger partial charge in [0.15, 0.2) is 0 Å². The van der Waals surface area contributed by atoms with Crippen LogP contribution in [0.5, 0.6) is 0 Å². The minimum atomic E-state index is 0.0695. The number of hydrogen-bond donors (Lipinski definition) is 1. The fourth-order valence-corrected chi connectivity index (χ4v) is 2.99. The Kier molecular flexibility index (Phi) is 3.61. The van der Waals surface area contributed by atoms with Gasteiger partial charge >= 0.3 is 0 Å². The summed E-state index contributed by atoms with van der Waals surface area (Å²) in [6.45, 7) is 1.62. The largest absolute Gasteiger partial charge is 0.359 e. The van der Waals surface area contributed by atoms with Gasteiger partial charge in [-0.3, -0.25) is 4.79 Å². The van der Waals surface area contributed by atoms with Crippen LogP contribution in [0, 0.1) is 5.92 Å². The van der Waals surface area contributed by atoms with Crippen molar-refractivity contribution in [3.63, 3.8) is 0 Å². The van der Waals surface area contributed by atoms with Crippen LogP contribution in [0.2, 0.25) is 0 Å². The molecule has 1 aliphatic rings. The van der Waals surface area contributed by atoms with Crippen molar-refractivity contribution in [2.24, 2.45) is 5.92 Å². The van der Waals surface area contributed by atoms with Gasteiger partial charge in [0.2, 0.25) is 5.91 Å². The zero-order valence-corrected chi connectivity index (χ0v) is 12.9. The third kappa shape index (κ3) is 2.50. The van der Waals surface area contributed by atoms with E-state index in [0.29, 0.717) is 0 Å². The molecule has 0 radical (unpaired) electrons. The van der Waals surface area contributed by atoms with Crippen molar-refractivity contribution in [2.45, 2.75) is 6.42 Å². The minimum absolute atomic E-state index is 0.0695. The van der Waals surface area contributed by atoms with E-state index in [2.05, 4.69) is 32.2 Å². The Morgan fingerprint density at radius 2 is 2.20 bits per heavy atom. The lowest BCUT2D eigenvalue weighted by Crippen LogP contribution is -2.30. The Hall–Kier alpha value is -1.62. The van der Waals surface area contributed by atoms with Crippen molar-refractivity contribution in [3.05, 3.63) is 34.8 Å². The summed E-state index contributed by atoms with van der Waals surface area (Å²) in [4.78, 5) is 18.6. The van der Waals surface area contributed by atoms with E-state index in [1.54, 1.807) is 7.05 Å². The maximum absolute atomic E-state index is 11.7. The summed E-state index contributed by atoms with van der Waals surface area (Å²) in [5, 5.41) is 3.85. The normalized spacial score (nSPS) is 18.5. The van der Waals surface area contributed by atoms with Gasteiger partial charge in [0.1, 0.15) is 5.82 Å². The van der Waals surface area contributed by atoms with E-state index in [1.807, 2.05) is 24.3 Å². The number of hydrogen-bond acceptors (Lipinski definition) is 3. The van der Waals surface area contributed by atoms with Crippen LogP contribution in [0.3, 0.4) is 0 Å². The molecule has 0 aliphatic carbocycles. The number of benzene rings is 1. The van der Waals surface area contributed by atoms with Crippen LogP contribution in [-0.2, 0) is 4.79 Å². The molecule has 1 saturated heterocycles. The van der Waals surface area contributed by atoms with Gasteiger partial charge in [-0.25, -0.2) is 4.98 Å². The number of aromatic nitrogens is 1. The molecule has 5 heteroatoms. The van der Waals surface area contributed by atoms with Gasteiger partial charge < -0.3 is 10.2 Å². The first-order valence-corrected chi connectivity index (χ1v) is 7.49. The molecule has 1 aliphatic heterocycles. The van der Waals surface area contributed by atoms with Crippen LogP contribution in [0.4, 0.5) is 5.82 Å². The first-order valence-electron chi connectivity index (χ1n) is 6.70. The van der Waals surface area contributed by atoms with Crippen molar-refractivity contribution in [3.8, 4) is 0 Å². The number of halogens is 1. The van der Waals surface area contributed by atoms with Gasteiger partial charge in [0, 0.05) is 30.0 Å². The second kappa shape index (κ2) is 5.40. The molecule has 1 aromatic carbocycles. The predicted molar refractivity (Wildman–Crippen MR) is 83.8 cm³/mol. The van der Waals surface area contributed by atoms with Crippen LogP contribution < -0.4 is 10.2 Å². The molecule has 0 spiro atoms. The molecular weight excluding hydrogens is 318 g/mol. The second-order valence-corrected chi connectivity index (χ2v) is 5.97. The summed E-state index contributed by atoms with van der Waals surface area (Å²) in [6.07, 6.45) is 0.887. The second-order valence-electron chi connectivity index (χ2n) is 5.05. The Bertz CT molecular complexity index is 659. The lowest BCUT2D eigenvalue weighted by Gasteiger charge is -2.17. The molecule has 1 atom stereocenters. The zero-order chi connectivity index (χ0) is 14.1. The molecule has 20 heavy (non-hydrogen) atoms. The molecule has 2 heterocycles. The van der Waals surface area contributed by atoms with Crippen molar-refractivity contribution in [1.82, 2.24) is 10.3 Å². The molecule has 1 N–H and O–H groups in total. The van der Waals surface area contributed by atoms with Gasteiger partial charge in [-0.1, -0.05) is 22.0 Å². The highest BCUT2D eigenvalue weighted by Crippen LogP contribution is 2.25. The van der Waals surface area contributed by atoms with E-state index in [1.165, 1.54) is 0 Å². The first-order chi connectivity index (χ1) is 9.67.